The van der Waals surface area contributed by atoms with Gasteiger partial charge in [-0.3, -0.25) is 0 Å². The maximum Gasteiger partial charge on any atom is 0.0359 e. The quantitative estimate of drug-likeness (QED) is 0.650. The second kappa shape index (κ2) is 3.69. The van der Waals surface area contributed by atoms with Crippen molar-refractivity contribution in [2.24, 2.45) is 11.8 Å². The molecule has 3 rings (SSSR count). The summed E-state index contributed by atoms with van der Waals surface area (Å²) in [5, 5.41) is 7.07. The summed E-state index contributed by atoms with van der Waals surface area (Å²) in [6.45, 7) is 5.83. The van der Waals surface area contributed by atoms with E-state index in [-0.39, 0.29) is 0 Å². The zero-order chi connectivity index (χ0) is 11.1. The Labute approximate surface area is 97.5 Å². The Bertz CT molecular complexity index is 351. The molecule has 2 atom stereocenters. The van der Waals surface area contributed by atoms with Crippen molar-refractivity contribution < 1.29 is 0 Å². The highest BCUT2D eigenvalue weighted by atomic mass is 14.9. The van der Waals surface area contributed by atoms with Gasteiger partial charge in [-0.15, -0.1) is 0 Å². The molecule has 0 radical (unpaired) electrons. The van der Waals surface area contributed by atoms with Crippen molar-refractivity contribution in [3.05, 3.63) is 34.8 Å². The molecular weight excluding hydrogens is 196 g/mol. The lowest BCUT2D eigenvalue weighted by atomic mass is 9.74. The lowest BCUT2D eigenvalue weighted by molar-refractivity contribution is 0.499. The van der Waals surface area contributed by atoms with Crippen LogP contribution in [0.15, 0.2) is 34.8 Å². The first-order chi connectivity index (χ1) is 7.79. The Hall–Kier alpha value is -1.18. The molecule has 0 saturated heterocycles. The molecule has 0 aromatic rings. The minimum atomic E-state index is 0.534. The molecule has 2 N–H and O–H groups in total. The van der Waals surface area contributed by atoms with Crippen molar-refractivity contribution in [2.75, 3.05) is 6.54 Å². The van der Waals surface area contributed by atoms with Crippen molar-refractivity contribution in [2.45, 2.75) is 33.1 Å². The molecule has 0 spiro atoms. The summed E-state index contributed by atoms with van der Waals surface area (Å²) in [7, 11) is 0. The summed E-state index contributed by atoms with van der Waals surface area (Å²) in [6, 6.07) is 0. The van der Waals surface area contributed by atoms with Crippen molar-refractivity contribution in [1.29, 1.82) is 0 Å². The Morgan fingerprint density at radius 1 is 1.12 bits per heavy atom. The average molecular weight is 216 g/mol. The summed E-state index contributed by atoms with van der Waals surface area (Å²) in [5.74, 6) is 1.16. The van der Waals surface area contributed by atoms with Crippen molar-refractivity contribution in [3.8, 4) is 0 Å². The van der Waals surface area contributed by atoms with Crippen molar-refractivity contribution in [3.63, 3.8) is 0 Å². The molecule has 1 aliphatic carbocycles. The van der Waals surface area contributed by atoms with Crippen LogP contribution in [0.3, 0.4) is 0 Å². The number of nitrogens with one attached hydrogen (secondary N) is 2. The molecule has 2 aliphatic heterocycles. The average Bonchev–Trinajstić information content (AvgIpc) is 2.36. The van der Waals surface area contributed by atoms with E-state index in [9.17, 15) is 0 Å². The molecule has 0 fully saturated rings. The van der Waals surface area contributed by atoms with E-state index in [1.165, 1.54) is 24.2 Å². The van der Waals surface area contributed by atoms with E-state index >= 15 is 0 Å². The third-order valence-electron chi connectivity index (χ3n) is 4.24. The van der Waals surface area contributed by atoms with E-state index in [0.29, 0.717) is 11.8 Å². The molecule has 0 aromatic carbocycles. The predicted molar refractivity (Wildman–Crippen MR) is 66.5 cm³/mol. The van der Waals surface area contributed by atoms with E-state index in [2.05, 4.69) is 36.8 Å². The van der Waals surface area contributed by atoms with Crippen LogP contribution >= 0.6 is 0 Å². The molecule has 2 heterocycles. The summed E-state index contributed by atoms with van der Waals surface area (Å²) in [6.07, 6.45) is 8.04. The lowest BCUT2D eigenvalue weighted by Gasteiger charge is -2.39. The first-order valence-corrected chi connectivity index (χ1v) is 6.40. The molecule has 2 heteroatoms. The van der Waals surface area contributed by atoms with Crippen molar-refractivity contribution >= 4 is 0 Å². The Kier molecular flexibility index (Phi) is 2.31. The van der Waals surface area contributed by atoms with Crippen LogP contribution in [-0.2, 0) is 0 Å². The van der Waals surface area contributed by atoms with Crippen LogP contribution in [0.2, 0.25) is 0 Å². The van der Waals surface area contributed by atoms with E-state index in [1.807, 2.05) is 0 Å². The van der Waals surface area contributed by atoms with E-state index in [1.54, 1.807) is 11.1 Å². The zero-order valence-electron chi connectivity index (χ0n) is 10.1. The topological polar surface area (TPSA) is 24.1 Å². The van der Waals surface area contributed by atoms with Gasteiger partial charge in [-0.1, -0.05) is 19.9 Å². The van der Waals surface area contributed by atoms with Gasteiger partial charge in [-0.05, 0) is 36.6 Å². The van der Waals surface area contributed by atoms with Gasteiger partial charge in [0.1, 0.15) is 0 Å². The van der Waals surface area contributed by atoms with Crippen LogP contribution in [0.4, 0.5) is 0 Å². The van der Waals surface area contributed by atoms with Crippen LogP contribution in [0, 0.1) is 11.8 Å². The van der Waals surface area contributed by atoms with Crippen LogP contribution in [0.25, 0.3) is 0 Å². The number of allylic oxidation sites excluding steroid dienone is 3. The molecule has 16 heavy (non-hydrogen) atoms. The van der Waals surface area contributed by atoms with E-state index < -0.39 is 0 Å². The molecular formula is C14H20N2. The summed E-state index contributed by atoms with van der Waals surface area (Å²) >= 11 is 0. The number of hydrogen-bond acceptors (Lipinski definition) is 2. The second-order valence-corrected chi connectivity index (χ2v) is 5.10. The maximum atomic E-state index is 3.62. The Morgan fingerprint density at radius 3 is 2.88 bits per heavy atom. The van der Waals surface area contributed by atoms with Gasteiger partial charge in [0.2, 0.25) is 0 Å². The van der Waals surface area contributed by atoms with Gasteiger partial charge in [-0.25, -0.2) is 0 Å². The number of hydrogen-bond donors (Lipinski definition) is 2. The molecule has 2 nitrogen and oxygen atoms in total. The normalized spacial score (nSPS) is 32.9. The number of dihydropyridines is 1. The van der Waals surface area contributed by atoms with Crippen LogP contribution in [0.5, 0.6) is 0 Å². The fraction of sp³-hybridized carbons (Fsp3) is 0.571. The van der Waals surface area contributed by atoms with Gasteiger partial charge < -0.3 is 10.6 Å². The first-order valence-electron chi connectivity index (χ1n) is 6.40. The van der Waals surface area contributed by atoms with E-state index in [4.69, 9.17) is 0 Å². The van der Waals surface area contributed by atoms with E-state index in [0.717, 1.165) is 13.0 Å². The molecule has 0 saturated carbocycles. The molecule has 2 unspecified atom stereocenters. The number of rotatable bonds is 0. The smallest absolute Gasteiger partial charge is 0.0359 e. The highest BCUT2D eigenvalue weighted by Crippen LogP contribution is 2.42. The largest absolute Gasteiger partial charge is 0.388 e. The van der Waals surface area contributed by atoms with Gasteiger partial charge in [0.05, 0.1) is 0 Å². The summed E-state index contributed by atoms with van der Waals surface area (Å²) in [4.78, 5) is 0. The monoisotopic (exact) mass is 216 g/mol. The van der Waals surface area contributed by atoms with Gasteiger partial charge in [0.25, 0.3) is 0 Å². The predicted octanol–water partition coefficient (Wildman–Crippen LogP) is 2.67. The lowest BCUT2D eigenvalue weighted by Crippen LogP contribution is -2.36. The molecule has 0 bridgehead atoms. The Balaban J connectivity index is 2.01. The molecule has 0 aromatic heterocycles. The minimum absolute atomic E-state index is 0.534. The summed E-state index contributed by atoms with van der Waals surface area (Å²) < 4.78 is 0. The third kappa shape index (κ3) is 1.32. The van der Waals surface area contributed by atoms with Crippen molar-refractivity contribution in [1.82, 2.24) is 10.6 Å². The SMILES string of the molecule is CC1C2=C(NC=CC2)C(C)C2=C1CCCN2. The first kappa shape index (κ1) is 10.0. The standard InChI is InChI=1S/C14H20N2/c1-9-11-5-3-7-15-13(11)10(2)14-12(9)6-4-8-16-14/h3,7,9-10,15-16H,4-6,8H2,1-2H3. The fourth-order valence-corrected chi connectivity index (χ4v) is 3.34. The van der Waals surface area contributed by atoms with Gasteiger partial charge in [-0.2, -0.15) is 0 Å². The van der Waals surface area contributed by atoms with Gasteiger partial charge >= 0.3 is 0 Å². The molecule has 0 amide bonds. The molecule has 3 aliphatic rings. The van der Waals surface area contributed by atoms with Crippen LogP contribution < -0.4 is 10.6 Å². The fourth-order valence-electron chi connectivity index (χ4n) is 3.34. The van der Waals surface area contributed by atoms with Gasteiger partial charge in [0, 0.05) is 29.8 Å². The Morgan fingerprint density at radius 2 is 2.00 bits per heavy atom. The minimum Gasteiger partial charge on any atom is -0.388 e. The third-order valence-corrected chi connectivity index (χ3v) is 4.24. The highest BCUT2D eigenvalue weighted by molar-refractivity contribution is 5.42. The van der Waals surface area contributed by atoms with Crippen LogP contribution in [0.1, 0.15) is 33.1 Å². The second-order valence-electron chi connectivity index (χ2n) is 5.10. The van der Waals surface area contributed by atoms with Crippen LogP contribution in [-0.4, -0.2) is 6.54 Å². The highest BCUT2D eigenvalue weighted by Gasteiger charge is 2.33. The molecule has 86 valence electrons. The maximum absolute atomic E-state index is 3.62. The van der Waals surface area contributed by atoms with Gasteiger partial charge in [0.15, 0.2) is 0 Å². The zero-order valence-corrected chi connectivity index (χ0v) is 10.1. The summed E-state index contributed by atoms with van der Waals surface area (Å²) in [5.41, 5.74) is 6.22.